The molecule has 0 amide bonds. The van der Waals surface area contributed by atoms with Gasteiger partial charge < -0.3 is 11.1 Å². The first-order valence-corrected chi connectivity index (χ1v) is 5.43. The zero-order valence-corrected chi connectivity index (χ0v) is 9.02. The average molecular weight is 208 g/mol. The topological polar surface area (TPSA) is 38.0 Å². The maximum atomic E-state index is 13.0. The van der Waals surface area contributed by atoms with Crippen molar-refractivity contribution in [2.24, 2.45) is 5.41 Å². The van der Waals surface area contributed by atoms with E-state index < -0.39 is 0 Å². The maximum absolute atomic E-state index is 13.0. The van der Waals surface area contributed by atoms with Gasteiger partial charge in [-0.15, -0.1) is 0 Å². The van der Waals surface area contributed by atoms with E-state index in [0.717, 1.165) is 12.2 Å². The Hall–Kier alpha value is -1.25. The fourth-order valence-electron chi connectivity index (χ4n) is 1.84. The van der Waals surface area contributed by atoms with Crippen LogP contribution < -0.4 is 11.1 Å². The lowest BCUT2D eigenvalue weighted by atomic mass is 10.0. The fourth-order valence-corrected chi connectivity index (χ4v) is 1.84. The highest BCUT2D eigenvalue weighted by Crippen LogP contribution is 2.48. The minimum Gasteiger partial charge on any atom is -0.399 e. The standard InChI is InChI=1S/C12H17FN2/c1-2-12(3-4-12)8-15-11-6-9(13)5-10(14)7-11/h5-7,15H,2-4,8,14H2,1H3. The van der Waals surface area contributed by atoms with Crippen molar-refractivity contribution in [3.63, 3.8) is 0 Å². The molecule has 1 fully saturated rings. The highest BCUT2D eigenvalue weighted by molar-refractivity contribution is 5.54. The van der Waals surface area contributed by atoms with Crippen LogP contribution in [-0.2, 0) is 0 Å². The summed E-state index contributed by atoms with van der Waals surface area (Å²) in [6.45, 7) is 3.13. The van der Waals surface area contributed by atoms with E-state index in [2.05, 4.69) is 12.2 Å². The molecule has 3 heteroatoms. The first-order valence-electron chi connectivity index (χ1n) is 5.43. The van der Waals surface area contributed by atoms with Gasteiger partial charge >= 0.3 is 0 Å². The molecular weight excluding hydrogens is 191 g/mol. The minimum atomic E-state index is -0.279. The number of hydrogen-bond donors (Lipinski definition) is 2. The summed E-state index contributed by atoms with van der Waals surface area (Å²) in [5.74, 6) is -0.279. The van der Waals surface area contributed by atoms with E-state index in [1.807, 2.05) is 0 Å². The molecule has 0 atom stereocenters. The van der Waals surface area contributed by atoms with Crippen molar-refractivity contribution in [2.45, 2.75) is 26.2 Å². The Morgan fingerprint density at radius 3 is 2.67 bits per heavy atom. The molecule has 82 valence electrons. The second-order valence-corrected chi connectivity index (χ2v) is 4.48. The van der Waals surface area contributed by atoms with E-state index in [1.165, 1.54) is 31.4 Å². The normalized spacial score (nSPS) is 17.5. The van der Waals surface area contributed by atoms with E-state index >= 15 is 0 Å². The number of rotatable bonds is 4. The first kappa shape index (κ1) is 10.3. The van der Waals surface area contributed by atoms with Crippen molar-refractivity contribution >= 4 is 11.4 Å². The highest BCUT2D eigenvalue weighted by Gasteiger charge is 2.40. The van der Waals surface area contributed by atoms with Gasteiger partial charge in [0.15, 0.2) is 0 Å². The molecule has 1 aliphatic carbocycles. The highest BCUT2D eigenvalue weighted by atomic mass is 19.1. The Labute approximate surface area is 89.7 Å². The zero-order chi connectivity index (χ0) is 10.9. The van der Waals surface area contributed by atoms with Crippen LogP contribution in [0.4, 0.5) is 15.8 Å². The van der Waals surface area contributed by atoms with Crippen LogP contribution in [0.25, 0.3) is 0 Å². The first-order chi connectivity index (χ1) is 7.13. The predicted octanol–water partition coefficient (Wildman–Crippen LogP) is 3.01. The summed E-state index contributed by atoms with van der Waals surface area (Å²) in [6, 6.07) is 4.59. The molecule has 1 aromatic carbocycles. The van der Waals surface area contributed by atoms with Gasteiger partial charge in [-0.05, 0) is 42.9 Å². The molecule has 0 aromatic heterocycles. The summed E-state index contributed by atoms with van der Waals surface area (Å²) >= 11 is 0. The van der Waals surface area contributed by atoms with Crippen LogP contribution in [-0.4, -0.2) is 6.54 Å². The van der Waals surface area contributed by atoms with E-state index in [1.54, 1.807) is 6.07 Å². The minimum absolute atomic E-state index is 0.279. The van der Waals surface area contributed by atoms with Gasteiger partial charge in [-0.1, -0.05) is 6.92 Å². The molecule has 2 nitrogen and oxygen atoms in total. The van der Waals surface area contributed by atoms with Crippen molar-refractivity contribution in [1.29, 1.82) is 0 Å². The van der Waals surface area contributed by atoms with Gasteiger partial charge in [-0.3, -0.25) is 0 Å². The lowest BCUT2D eigenvalue weighted by Gasteiger charge is -2.14. The van der Waals surface area contributed by atoms with E-state index in [0.29, 0.717) is 11.1 Å². The van der Waals surface area contributed by atoms with Crippen LogP contribution in [0, 0.1) is 11.2 Å². The molecule has 0 bridgehead atoms. The van der Waals surface area contributed by atoms with Crippen molar-refractivity contribution in [2.75, 3.05) is 17.6 Å². The average Bonchev–Trinajstić information content (AvgIpc) is 2.94. The Kier molecular flexibility index (Phi) is 2.55. The molecule has 0 unspecified atom stereocenters. The molecule has 0 radical (unpaired) electrons. The SMILES string of the molecule is CCC1(CNc2cc(N)cc(F)c2)CC1. The largest absolute Gasteiger partial charge is 0.399 e. The maximum Gasteiger partial charge on any atom is 0.127 e. The Balaban J connectivity index is 1.99. The smallest absolute Gasteiger partial charge is 0.127 e. The molecule has 0 aliphatic heterocycles. The van der Waals surface area contributed by atoms with Gasteiger partial charge in [0.05, 0.1) is 0 Å². The second-order valence-electron chi connectivity index (χ2n) is 4.48. The quantitative estimate of drug-likeness (QED) is 0.746. The molecule has 1 aromatic rings. The Bertz CT molecular complexity index is 338. The molecule has 0 spiro atoms. The van der Waals surface area contributed by atoms with Crippen LogP contribution in [0.2, 0.25) is 0 Å². The lowest BCUT2D eigenvalue weighted by Crippen LogP contribution is -2.14. The van der Waals surface area contributed by atoms with E-state index in [-0.39, 0.29) is 5.82 Å². The Morgan fingerprint density at radius 2 is 2.13 bits per heavy atom. The van der Waals surface area contributed by atoms with Gasteiger partial charge in [0.1, 0.15) is 5.82 Å². The lowest BCUT2D eigenvalue weighted by molar-refractivity contribution is 0.521. The van der Waals surface area contributed by atoms with Crippen LogP contribution >= 0.6 is 0 Å². The van der Waals surface area contributed by atoms with E-state index in [4.69, 9.17) is 5.73 Å². The summed E-state index contributed by atoms with van der Waals surface area (Å²) in [7, 11) is 0. The van der Waals surface area contributed by atoms with Gasteiger partial charge in [0.25, 0.3) is 0 Å². The molecule has 0 heterocycles. The molecule has 1 aliphatic rings. The van der Waals surface area contributed by atoms with Crippen molar-refractivity contribution < 1.29 is 4.39 Å². The zero-order valence-electron chi connectivity index (χ0n) is 9.02. The van der Waals surface area contributed by atoms with Gasteiger partial charge in [-0.25, -0.2) is 4.39 Å². The van der Waals surface area contributed by atoms with Gasteiger partial charge in [0.2, 0.25) is 0 Å². The van der Waals surface area contributed by atoms with Crippen molar-refractivity contribution in [1.82, 2.24) is 0 Å². The summed E-state index contributed by atoms with van der Waals surface area (Å²) in [6.07, 6.45) is 3.74. The third-order valence-corrected chi connectivity index (χ3v) is 3.29. The molecule has 2 rings (SSSR count). The number of halogens is 1. The van der Waals surface area contributed by atoms with Gasteiger partial charge in [0, 0.05) is 17.9 Å². The third kappa shape index (κ3) is 2.41. The summed E-state index contributed by atoms with van der Waals surface area (Å²) in [4.78, 5) is 0. The fraction of sp³-hybridized carbons (Fsp3) is 0.500. The molecule has 1 saturated carbocycles. The summed E-state index contributed by atoms with van der Waals surface area (Å²) in [5, 5.41) is 3.26. The number of nitrogen functional groups attached to an aromatic ring is 1. The number of benzene rings is 1. The number of nitrogens with one attached hydrogen (secondary N) is 1. The Morgan fingerprint density at radius 1 is 1.40 bits per heavy atom. The number of anilines is 2. The molecule has 15 heavy (non-hydrogen) atoms. The number of hydrogen-bond acceptors (Lipinski definition) is 2. The predicted molar refractivity (Wildman–Crippen MR) is 61.3 cm³/mol. The van der Waals surface area contributed by atoms with Crippen molar-refractivity contribution in [3.05, 3.63) is 24.0 Å². The monoisotopic (exact) mass is 208 g/mol. The van der Waals surface area contributed by atoms with Crippen LogP contribution in [0.15, 0.2) is 18.2 Å². The van der Waals surface area contributed by atoms with Crippen molar-refractivity contribution in [3.8, 4) is 0 Å². The summed E-state index contributed by atoms with van der Waals surface area (Å²) < 4.78 is 13.0. The van der Waals surface area contributed by atoms with Crippen LogP contribution in [0.1, 0.15) is 26.2 Å². The van der Waals surface area contributed by atoms with Crippen LogP contribution in [0.5, 0.6) is 0 Å². The molecular formula is C12H17FN2. The summed E-state index contributed by atoms with van der Waals surface area (Å²) in [5.41, 5.74) is 7.28. The second kappa shape index (κ2) is 3.72. The molecule has 0 saturated heterocycles. The van der Waals surface area contributed by atoms with Crippen LogP contribution in [0.3, 0.4) is 0 Å². The van der Waals surface area contributed by atoms with Gasteiger partial charge in [-0.2, -0.15) is 0 Å². The van der Waals surface area contributed by atoms with E-state index in [9.17, 15) is 4.39 Å². The third-order valence-electron chi connectivity index (χ3n) is 3.29. The number of nitrogens with two attached hydrogens (primary N) is 1. The molecule has 3 N–H and O–H groups in total.